The second-order valence-corrected chi connectivity index (χ2v) is 6.16. The molecule has 0 N–H and O–H groups in total. The van der Waals surface area contributed by atoms with E-state index in [1.807, 2.05) is 0 Å². The number of ether oxygens (including phenoxy) is 2. The van der Waals surface area contributed by atoms with E-state index in [1.165, 1.54) is 18.2 Å². The molecule has 1 rings (SSSR count). The second kappa shape index (κ2) is 7.40. The fraction of sp³-hybridized carbons (Fsp3) is 0.500. The maximum atomic E-state index is 12.0. The number of esters is 1. The molecule has 0 atom stereocenters. The van der Waals surface area contributed by atoms with E-state index in [9.17, 15) is 14.9 Å². The minimum Gasteiger partial charge on any atom is -0.493 e. The van der Waals surface area contributed by atoms with Gasteiger partial charge in [0.25, 0.3) is 5.69 Å². The molecule has 0 saturated carbocycles. The third-order valence-corrected chi connectivity index (χ3v) is 2.84. The number of rotatable bonds is 6. The Balaban J connectivity index is 3.01. The lowest BCUT2D eigenvalue weighted by Crippen LogP contribution is -2.24. The summed E-state index contributed by atoms with van der Waals surface area (Å²) in [6.45, 7) is 5.60. The lowest BCUT2D eigenvalue weighted by atomic mass is 10.1. The standard InChI is InChI=1S/C14H18BrNO5/c1-14(2,3)21-13(17)10-7-11(16(18)19)9-12(8-10)20-6-4-5-15/h7-9H,4-6H2,1-3H3. The van der Waals surface area contributed by atoms with Gasteiger partial charge in [0.2, 0.25) is 0 Å². The largest absolute Gasteiger partial charge is 0.493 e. The molecule has 0 aliphatic carbocycles. The van der Waals surface area contributed by atoms with Crippen LogP contribution < -0.4 is 4.74 Å². The summed E-state index contributed by atoms with van der Waals surface area (Å²) < 4.78 is 10.6. The average Bonchev–Trinajstić information content (AvgIpc) is 2.36. The van der Waals surface area contributed by atoms with E-state index in [2.05, 4.69) is 15.9 Å². The Morgan fingerprint density at radius 3 is 2.52 bits per heavy atom. The summed E-state index contributed by atoms with van der Waals surface area (Å²) in [4.78, 5) is 22.4. The van der Waals surface area contributed by atoms with Gasteiger partial charge in [0.15, 0.2) is 0 Å². The van der Waals surface area contributed by atoms with Crippen LogP contribution in [0.4, 0.5) is 5.69 Å². The van der Waals surface area contributed by atoms with Crippen molar-refractivity contribution in [3.05, 3.63) is 33.9 Å². The number of hydrogen-bond donors (Lipinski definition) is 0. The SMILES string of the molecule is CC(C)(C)OC(=O)c1cc(OCCCBr)cc([N+](=O)[O-])c1. The third kappa shape index (κ3) is 6.12. The Hall–Kier alpha value is -1.63. The lowest BCUT2D eigenvalue weighted by Gasteiger charge is -2.19. The maximum absolute atomic E-state index is 12.0. The average molecular weight is 360 g/mol. The molecule has 0 saturated heterocycles. The number of nitro groups is 1. The van der Waals surface area contributed by atoms with Crippen LogP contribution in [0.1, 0.15) is 37.6 Å². The lowest BCUT2D eigenvalue weighted by molar-refractivity contribution is -0.385. The fourth-order valence-corrected chi connectivity index (χ4v) is 1.70. The van der Waals surface area contributed by atoms with E-state index >= 15 is 0 Å². The highest BCUT2D eigenvalue weighted by Crippen LogP contribution is 2.24. The number of carbonyl (C=O) groups excluding carboxylic acids is 1. The molecule has 1 aromatic carbocycles. The van der Waals surface area contributed by atoms with Gasteiger partial charge in [-0.2, -0.15) is 0 Å². The predicted molar refractivity (Wildman–Crippen MR) is 82.2 cm³/mol. The van der Waals surface area contributed by atoms with Crippen LogP contribution in [-0.2, 0) is 4.74 Å². The van der Waals surface area contributed by atoms with Crippen molar-refractivity contribution in [3.63, 3.8) is 0 Å². The van der Waals surface area contributed by atoms with E-state index in [0.717, 1.165) is 11.8 Å². The number of nitrogens with zero attached hydrogens (tertiary/aromatic N) is 1. The highest BCUT2D eigenvalue weighted by Gasteiger charge is 2.21. The molecule has 21 heavy (non-hydrogen) atoms. The molecule has 7 heteroatoms. The minimum absolute atomic E-state index is 0.105. The van der Waals surface area contributed by atoms with Gasteiger partial charge in [0.1, 0.15) is 11.4 Å². The van der Waals surface area contributed by atoms with Crippen molar-refractivity contribution in [3.8, 4) is 5.75 Å². The summed E-state index contributed by atoms with van der Waals surface area (Å²) in [5, 5.41) is 11.7. The van der Waals surface area contributed by atoms with Gasteiger partial charge in [-0.1, -0.05) is 15.9 Å². The van der Waals surface area contributed by atoms with Crippen LogP contribution in [0.2, 0.25) is 0 Å². The molecule has 0 bridgehead atoms. The normalized spacial score (nSPS) is 11.0. The zero-order valence-corrected chi connectivity index (χ0v) is 13.8. The highest BCUT2D eigenvalue weighted by molar-refractivity contribution is 9.09. The van der Waals surface area contributed by atoms with Gasteiger partial charge in [-0.25, -0.2) is 4.79 Å². The summed E-state index contributed by atoms with van der Waals surface area (Å²) in [6, 6.07) is 3.93. The molecule has 0 amide bonds. The molecule has 0 radical (unpaired) electrons. The van der Waals surface area contributed by atoms with E-state index in [4.69, 9.17) is 9.47 Å². The van der Waals surface area contributed by atoms with Crippen LogP contribution in [0.3, 0.4) is 0 Å². The Bertz CT molecular complexity index is 525. The molecule has 0 aromatic heterocycles. The minimum atomic E-state index is -0.668. The highest BCUT2D eigenvalue weighted by atomic mass is 79.9. The second-order valence-electron chi connectivity index (χ2n) is 5.37. The van der Waals surface area contributed by atoms with Gasteiger partial charge < -0.3 is 9.47 Å². The van der Waals surface area contributed by atoms with Crippen LogP contribution in [0.5, 0.6) is 5.75 Å². The summed E-state index contributed by atoms with van der Waals surface area (Å²) in [7, 11) is 0. The summed E-state index contributed by atoms with van der Waals surface area (Å²) in [5.41, 5.74) is -0.765. The van der Waals surface area contributed by atoms with E-state index in [0.29, 0.717) is 6.61 Å². The molecule has 0 aliphatic heterocycles. The van der Waals surface area contributed by atoms with Gasteiger partial charge >= 0.3 is 5.97 Å². The van der Waals surface area contributed by atoms with Gasteiger partial charge in [-0.05, 0) is 33.3 Å². The number of benzene rings is 1. The number of hydrogen-bond acceptors (Lipinski definition) is 5. The van der Waals surface area contributed by atoms with E-state index < -0.39 is 16.5 Å². The first-order valence-electron chi connectivity index (χ1n) is 6.44. The van der Waals surface area contributed by atoms with E-state index in [-0.39, 0.29) is 17.0 Å². The topological polar surface area (TPSA) is 78.7 Å². The molecule has 0 aliphatic rings. The monoisotopic (exact) mass is 359 g/mol. The quantitative estimate of drug-likeness (QED) is 0.254. The first-order valence-corrected chi connectivity index (χ1v) is 7.56. The van der Waals surface area contributed by atoms with Crippen molar-refractivity contribution < 1.29 is 19.2 Å². The van der Waals surface area contributed by atoms with Crippen LogP contribution in [0.15, 0.2) is 18.2 Å². The van der Waals surface area contributed by atoms with Crippen molar-refractivity contribution in [2.24, 2.45) is 0 Å². The molecule has 1 aromatic rings. The molecule has 0 spiro atoms. The van der Waals surface area contributed by atoms with Crippen molar-refractivity contribution in [2.45, 2.75) is 32.8 Å². The zero-order valence-electron chi connectivity index (χ0n) is 12.2. The Labute approximate surface area is 131 Å². The van der Waals surface area contributed by atoms with E-state index in [1.54, 1.807) is 20.8 Å². The van der Waals surface area contributed by atoms with Gasteiger partial charge in [-0.15, -0.1) is 0 Å². The molecule has 116 valence electrons. The molecule has 0 unspecified atom stereocenters. The number of alkyl halides is 1. The summed E-state index contributed by atoms with van der Waals surface area (Å²) in [5.74, 6) is -0.331. The first kappa shape index (κ1) is 17.4. The van der Waals surface area contributed by atoms with Crippen molar-refractivity contribution in [1.82, 2.24) is 0 Å². The predicted octanol–water partition coefficient (Wildman–Crippen LogP) is 3.71. The Kier molecular flexibility index (Phi) is 6.14. The fourth-order valence-electron chi connectivity index (χ4n) is 1.47. The summed E-state index contributed by atoms with van der Waals surface area (Å²) >= 11 is 3.27. The molecule has 0 fully saturated rings. The van der Waals surface area contributed by atoms with Crippen molar-refractivity contribution in [2.75, 3.05) is 11.9 Å². The van der Waals surface area contributed by atoms with Crippen LogP contribution in [-0.4, -0.2) is 28.4 Å². The van der Waals surface area contributed by atoms with Crippen LogP contribution in [0, 0.1) is 10.1 Å². The maximum Gasteiger partial charge on any atom is 0.339 e. The molecule has 0 heterocycles. The number of halogens is 1. The van der Waals surface area contributed by atoms with Gasteiger partial charge in [0, 0.05) is 11.4 Å². The number of nitro benzene ring substituents is 1. The molecule has 6 nitrogen and oxygen atoms in total. The Morgan fingerprint density at radius 1 is 1.33 bits per heavy atom. The summed E-state index contributed by atoms with van der Waals surface area (Å²) in [6.07, 6.45) is 0.754. The smallest absolute Gasteiger partial charge is 0.339 e. The van der Waals surface area contributed by atoms with Gasteiger partial charge in [-0.3, -0.25) is 10.1 Å². The van der Waals surface area contributed by atoms with Crippen LogP contribution >= 0.6 is 15.9 Å². The number of carbonyl (C=O) groups is 1. The molecular formula is C14H18BrNO5. The van der Waals surface area contributed by atoms with Crippen LogP contribution in [0.25, 0.3) is 0 Å². The number of non-ortho nitro benzene ring substituents is 1. The third-order valence-electron chi connectivity index (χ3n) is 2.28. The first-order chi connectivity index (χ1) is 9.73. The van der Waals surface area contributed by atoms with Gasteiger partial charge in [0.05, 0.1) is 23.2 Å². The van der Waals surface area contributed by atoms with Crippen molar-refractivity contribution >= 4 is 27.6 Å². The van der Waals surface area contributed by atoms with Crippen molar-refractivity contribution in [1.29, 1.82) is 0 Å². The Morgan fingerprint density at radius 2 is 2.00 bits per heavy atom. The molecular weight excluding hydrogens is 342 g/mol. The zero-order chi connectivity index (χ0) is 16.0.